The number of aromatic nitrogens is 1. The molecule has 24 heavy (non-hydrogen) atoms. The predicted octanol–water partition coefficient (Wildman–Crippen LogP) is 1.78. The standard InChI is InChI=1S/C17H18N2O4S/c1-11-10-24-17(22)19(11)9-14(20)23-15(12-5-3-2-4-6-12)16(21)18-13-7-8-13/h2-6,10,13,15H,7-9H2,1H3,(H,18,21)/t15-/m1/s1. The molecule has 1 N–H and O–H groups in total. The molecule has 0 bridgehead atoms. The molecule has 1 amide bonds. The van der Waals surface area contributed by atoms with Crippen molar-refractivity contribution >= 4 is 23.2 Å². The highest BCUT2D eigenvalue weighted by Crippen LogP contribution is 2.23. The minimum atomic E-state index is -1.01. The minimum absolute atomic E-state index is 0.171. The number of hydrogen-bond donors (Lipinski definition) is 1. The second-order valence-corrected chi connectivity index (χ2v) is 6.61. The van der Waals surface area contributed by atoms with E-state index in [0.29, 0.717) is 11.3 Å². The number of ether oxygens (including phenoxy) is 1. The molecule has 0 unspecified atom stereocenters. The Labute approximate surface area is 143 Å². The largest absolute Gasteiger partial charge is 0.446 e. The van der Waals surface area contributed by atoms with Crippen LogP contribution in [0.25, 0.3) is 0 Å². The number of rotatable bonds is 6. The first-order chi connectivity index (χ1) is 11.5. The lowest BCUT2D eigenvalue weighted by Gasteiger charge is -2.18. The summed E-state index contributed by atoms with van der Waals surface area (Å²) in [5.41, 5.74) is 1.30. The Bertz CT molecular complexity index is 792. The van der Waals surface area contributed by atoms with Crippen molar-refractivity contribution in [3.05, 3.63) is 56.6 Å². The van der Waals surface area contributed by atoms with Gasteiger partial charge in [-0.15, -0.1) is 0 Å². The fraction of sp³-hybridized carbons (Fsp3) is 0.353. The summed E-state index contributed by atoms with van der Waals surface area (Å²) in [4.78, 5) is 36.2. The number of thiazole rings is 1. The van der Waals surface area contributed by atoms with Crippen molar-refractivity contribution in [3.8, 4) is 0 Å². The van der Waals surface area contributed by atoms with Gasteiger partial charge >= 0.3 is 10.8 Å². The molecule has 0 radical (unpaired) electrons. The third kappa shape index (κ3) is 3.91. The SMILES string of the molecule is Cc1csc(=O)n1CC(=O)O[C@@H](C(=O)NC1CC1)c1ccccc1. The van der Waals surface area contributed by atoms with Crippen molar-refractivity contribution in [1.82, 2.24) is 9.88 Å². The van der Waals surface area contributed by atoms with Gasteiger partial charge < -0.3 is 10.1 Å². The van der Waals surface area contributed by atoms with E-state index in [0.717, 1.165) is 24.2 Å². The Balaban J connectivity index is 1.74. The Hall–Kier alpha value is -2.41. The summed E-state index contributed by atoms with van der Waals surface area (Å²) in [6.45, 7) is 1.55. The predicted molar refractivity (Wildman–Crippen MR) is 89.8 cm³/mol. The number of nitrogens with zero attached hydrogens (tertiary/aromatic N) is 1. The molecule has 2 aromatic rings. The normalized spacial score (nSPS) is 14.9. The van der Waals surface area contributed by atoms with Crippen molar-refractivity contribution in [3.63, 3.8) is 0 Å². The fourth-order valence-corrected chi connectivity index (χ4v) is 3.03. The molecule has 1 saturated carbocycles. The van der Waals surface area contributed by atoms with E-state index in [4.69, 9.17) is 4.74 Å². The van der Waals surface area contributed by atoms with E-state index in [1.165, 1.54) is 4.57 Å². The zero-order chi connectivity index (χ0) is 17.1. The summed E-state index contributed by atoms with van der Waals surface area (Å²) in [7, 11) is 0. The first-order valence-corrected chi connectivity index (χ1v) is 8.62. The molecule has 1 atom stereocenters. The third-order valence-electron chi connectivity index (χ3n) is 3.78. The van der Waals surface area contributed by atoms with Gasteiger partial charge in [0.25, 0.3) is 5.91 Å². The van der Waals surface area contributed by atoms with Crippen LogP contribution in [0.2, 0.25) is 0 Å². The molecule has 126 valence electrons. The highest BCUT2D eigenvalue weighted by molar-refractivity contribution is 7.07. The van der Waals surface area contributed by atoms with Crippen LogP contribution >= 0.6 is 11.3 Å². The van der Waals surface area contributed by atoms with E-state index in [-0.39, 0.29) is 23.4 Å². The van der Waals surface area contributed by atoms with Crippen LogP contribution in [0.5, 0.6) is 0 Å². The molecule has 6 nitrogen and oxygen atoms in total. The Morgan fingerprint density at radius 2 is 2.04 bits per heavy atom. The number of carbonyl (C=O) groups excluding carboxylic acids is 2. The lowest BCUT2D eigenvalue weighted by Crippen LogP contribution is -2.34. The molecule has 0 saturated heterocycles. The van der Waals surface area contributed by atoms with Crippen molar-refractivity contribution in [2.75, 3.05) is 0 Å². The number of amides is 1. The van der Waals surface area contributed by atoms with Crippen molar-refractivity contribution < 1.29 is 14.3 Å². The van der Waals surface area contributed by atoms with Gasteiger partial charge in [0.2, 0.25) is 6.10 Å². The van der Waals surface area contributed by atoms with Gasteiger partial charge in [-0.1, -0.05) is 41.7 Å². The maximum Gasteiger partial charge on any atom is 0.327 e. The molecule has 1 aromatic heterocycles. The van der Waals surface area contributed by atoms with E-state index in [1.807, 2.05) is 6.07 Å². The molecule has 0 aliphatic heterocycles. The molecule has 1 aliphatic carbocycles. The highest BCUT2D eigenvalue weighted by Gasteiger charge is 2.30. The molecule has 1 fully saturated rings. The quantitative estimate of drug-likeness (QED) is 0.809. The molecule has 1 aliphatic rings. The molecule has 3 rings (SSSR count). The van der Waals surface area contributed by atoms with Crippen LogP contribution < -0.4 is 10.2 Å². The Morgan fingerprint density at radius 3 is 2.62 bits per heavy atom. The van der Waals surface area contributed by atoms with Crippen molar-refractivity contribution in [1.29, 1.82) is 0 Å². The average Bonchev–Trinajstić information content (AvgIpc) is 3.34. The van der Waals surface area contributed by atoms with Crippen molar-refractivity contribution in [2.45, 2.75) is 38.5 Å². The second-order valence-electron chi connectivity index (χ2n) is 5.79. The van der Waals surface area contributed by atoms with Crippen LogP contribution in [0.1, 0.15) is 30.2 Å². The molecule has 7 heteroatoms. The van der Waals surface area contributed by atoms with Gasteiger partial charge in [-0.2, -0.15) is 0 Å². The summed E-state index contributed by atoms with van der Waals surface area (Å²) in [5.74, 6) is -0.940. The van der Waals surface area contributed by atoms with E-state index >= 15 is 0 Å². The topological polar surface area (TPSA) is 77.4 Å². The number of carbonyl (C=O) groups is 2. The van der Waals surface area contributed by atoms with E-state index in [9.17, 15) is 14.4 Å². The summed E-state index contributed by atoms with van der Waals surface area (Å²) < 4.78 is 6.75. The van der Waals surface area contributed by atoms with Gasteiger partial charge in [0, 0.05) is 22.7 Å². The first kappa shape index (κ1) is 16.4. The second kappa shape index (κ2) is 7.00. The van der Waals surface area contributed by atoms with Crippen LogP contribution in [0.3, 0.4) is 0 Å². The zero-order valence-electron chi connectivity index (χ0n) is 13.2. The number of aryl methyl sites for hydroxylation is 1. The number of benzene rings is 1. The van der Waals surface area contributed by atoms with Gasteiger partial charge in [-0.05, 0) is 19.8 Å². The number of nitrogens with one attached hydrogen (secondary N) is 1. The average molecular weight is 346 g/mol. The van der Waals surface area contributed by atoms with Gasteiger partial charge in [-0.25, -0.2) is 0 Å². The Kier molecular flexibility index (Phi) is 4.80. The molecular weight excluding hydrogens is 328 g/mol. The number of esters is 1. The Morgan fingerprint density at radius 1 is 1.33 bits per heavy atom. The summed E-state index contributed by atoms with van der Waals surface area (Å²) in [5, 5.41) is 4.54. The van der Waals surface area contributed by atoms with Crippen LogP contribution in [0, 0.1) is 6.92 Å². The third-order valence-corrected chi connectivity index (χ3v) is 4.66. The van der Waals surface area contributed by atoms with Crippen LogP contribution in [-0.2, 0) is 20.9 Å². The summed E-state index contributed by atoms with van der Waals surface area (Å²) >= 11 is 1.03. The molecule has 1 aromatic carbocycles. The smallest absolute Gasteiger partial charge is 0.327 e. The van der Waals surface area contributed by atoms with E-state index in [2.05, 4.69) is 5.32 Å². The van der Waals surface area contributed by atoms with Gasteiger partial charge in [-0.3, -0.25) is 19.0 Å². The fourth-order valence-electron chi connectivity index (χ4n) is 2.30. The maximum atomic E-state index is 12.4. The molecule has 0 spiro atoms. The van der Waals surface area contributed by atoms with Gasteiger partial charge in [0.1, 0.15) is 6.54 Å². The van der Waals surface area contributed by atoms with Crippen LogP contribution in [0.15, 0.2) is 40.5 Å². The lowest BCUT2D eigenvalue weighted by atomic mass is 10.1. The van der Waals surface area contributed by atoms with Gasteiger partial charge in [0.15, 0.2) is 0 Å². The minimum Gasteiger partial charge on any atom is -0.446 e. The zero-order valence-corrected chi connectivity index (χ0v) is 14.0. The van der Waals surface area contributed by atoms with Crippen LogP contribution in [0.4, 0.5) is 0 Å². The van der Waals surface area contributed by atoms with Gasteiger partial charge in [0.05, 0.1) is 0 Å². The summed E-state index contributed by atoms with van der Waals surface area (Å²) in [6.07, 6.45) is 0.893. The van der Waals surface area contributed by atoms with Crippen molar-refractivity contribution in [2.24, 2.45) is 0 Å². The highest BCUT2D eigenvalue weighted by atomic mass is 32.1. The molecular formula is C17H18N2O4S. The first-order valence-electron chi connectivity index (χ1n) is 7.74. The molecule has 1 heterocycles. The lowest BCUT2D eigenvalue weighted by molar-refractivity contribution is -0.157. The monoisotopic (exact) mass is 346 g/mol. The van der Waals surface area contributed by atoms with E-state index in [1.54, 1.807) is 36.6 Å². The maximum absolute atomic E-state index is 12.4. The number of hydrogen-bond acceptors (Lipinski definition) is 5. The summed E-state index contributed by atoms with van der Waals surface area (Å²) in [6, 6.07) is 9.06. The van der Waals surface area contributed by atoms with E-state index < -0.39 is 12.1 Å². The van der Waals surface area contributed by atoms with Crippen LogP contribution in [-0.4, -0.2) is 22.5 Å².